The topological polar surface area (TPSA) is 93.1 Å². The van der Waals surface area contributed by atoms with E-state index in [-0.39, 0.29) is 23.1 Å². The Hall–Kier alpha value is -3.78. The fourth-order valence-corrected chi connectivity index (χ4v) is 5.87. The number of fused-ring (bicyclic) bond motifs is 1. The summed E-state index contributed by atoms with van der Waals surface area (Å²) in [5, 5.41) is 10.9. The van der Waals surface area contributed by atoms with Crippen molar-refractivity contribution in [2.45, 2.75) is 31.3 Å². The Bertz CT molecular complexity index is 1410. The zero-order valence-corrected chi connectivity index (χ0v) is 19.5. The molecule has 2 aliphatic rings. The maximum absolute atomic E-state index is 13.7. The van der Waals surface area contributed by atoms with Crippen LogP contribution >= 0.6 is 0 Å². The van der Waals surface area contributed by atoms with Crippen LogP contribution in [-0.4, -0.2) is 31.1 Å². The van der Waals surface area contributed by atoms with Crippen molar-refractivity contribution in [1.82, 2.24) is 4.90 Å². The predicted molar refractivity (Wildman–Crippen MR) is 125 cm³/mol. The third-order valence-corrected chi connectivity index (χ3v) is 7.95. The summed E-state index contributed by atoms with van der Waals surface area (Å²) in [6.45, 7) is 3.97. The quantitative estimate of drug-likeness (QED) is 0.587. The number of hydrogen-bond acceptors (Lipinski definition) is 6. The molecule has 0 bridgehead atoms. The minimum Gasteiger partial charge on any atom is -0.502 e. The van der Waals surface area contributed by atoms with Gasteiger partial charge in [0.2, 0.25) is 16.6 Å². The fourth-order valence-electron chi connectivity index (χ4n) is 4.23. The smallest absolute Gasteiger partial charge is 0.290 e. The van der Waals surface area contributed by atoms with E-state index in [2.05, 4.69) is 0 Å². The molecule has 0 spiro atoms. The lowest BCUT2D eigenvalue weighted by Gasteiger charge is -2.27. The lowest BCUT2D eigenvalue weighted by molar-refractivity contribution is -0.130. The number of aliphatic hydroxyl groups is 1. The van der Waals surface area contributed by atoms with Crippen molar-refractivity contribution >= 4 is 15.7 Å². The maximum atomic E-state index is 13.7. The first-order valence-electron chi connectivity index (χ1n) is 10.8. The Morgan fingerprint density at radius 1 is 0.912 bits per heavy atom. The molecule has 1 atom stereocenters. The Balaban J connectivity index is 1.60. The number of sulfone groups is 1. The number of aliphatic hydroxyl groups excluding tert-OH is 1. The Kier molecular flexibility index (Phi) is 5.32. The summed E-state index contributed by atoms with van der Waals surface area (Å²) >= 11 is 0. The van der Waals surface area contributed by atoms with Gasteiger partial charge in [-0.05, 0) is 49.2 Å². The van der Waals surface area contributed by atoms with Gasteiger partial charge >= 0.3 is 0 Å². The molecule has 0 fully saturated rings. The van der Waals surface area contributed by atoms with Gasteiger partial charge < -0.3 is 19.5 Å². The molecule has 1 unspecified atom stereocenters. The van der Waals surface area contributed by atoms with Crippen molar-refractivity contribution in [1.29, 1.82) is 0 Å². The molecular weight excluding hydrogens is 454 g/mol. The summed E-state index contributed by atoms with van der Waals surface area (Å²) in [6, 6.07) is 17.9. The molecule has 3 aromatic rings. The molecule has 3 aromatic carbocycles. The second-order valence-corrected chi connectivity index (χ2v) is 10.4. The molecular formula is C26H23NO6S. The molecule has 1 amide bonds. The molecule has 7 nitrogen and oxygen atoms in total. The average Bonchev–Trinajstić information content (AvgIpc) is 3.38. The predicted octanol–water partition coefficient (Wildman–Crippen LogP) is 4.36. The van der Waals surface area contributed by atoms with E-state index in [1.54, 1.807) is 42.5 Å². The van der Waals surface area contributed by atoms with Crippen molar-refractivity contribution in [2.24, 2.45) is 0 Å². The average molecular weight is 478 g/mol. The first-order chi connectivity index (χ1) is 16.3. The number of carbonyl (C=O) groups excluding carboxylic acids is 1. The number of ether oxygens (including phenoxy) is 2. The van der Waals surface area contributed by atoms with E-state index in [1.807, 2.05) is 26.0 Å². The molecule has 0 radical (unpaired) electrons. The summed E-state index contributed by atoms with van der Waals surface area (Å²) < 4.78 is 38.1. The highest BCUT2D eigenvalue weighted by atomic mass is 32.2. The van der Waals surface area contributed by atoms with E-state index < -0.39 is 27.5 Å². The number of carbonyl (C=O) groups is 1. The highest BCUT2D eigenvalue weighted by molar-refractivity contribution is 7.95. The molecule has 2 heterocycles. The normalized spacial score (nSPS) is 17.5. The van der Waals surface area contributed by atoms with Gasteiger partial charge in [0.25, 0.3) is 5.91 Å². The molecule has 34 heavy (non-hydrogen) atoms. The van der Waals surface area contributed by atoms with E-state index in [9.17, 15) is 18.3 Å². The van der Waals surface area contributed by atoms with Gasteiger partial charge in [0.1, 0.15) is 4.91 Å². The van der Waals surface area contributed by atoms with E-state index in [1.165, 1.54) is 17.0 Å². The zero-order valence-electron chi connectivity index (χ0n) is 18.7. The minimum absolute atomic E-state index is 0.0227. The summed E-state index contributed by atoms with van der Waals surface area (Å²) in [5.41, 5.74) is 3.21. The van der Waals surface area contributed by atoms with Crippen molar-refractivity contribution in [3.63, 3.8) is 0 Å². The molecule has 0 aromatic heterocycles. The van der Waals surface area contributed by atoms with Crippen molar-refractivity contribution < 1.29 is 27.8 Å². The van der Waals surface area contributed by atoms with E-state index >= 15 is 0 Å². The summed E-state index contributed by atoms with van der Waals surface area (Å²) in [5.74, 6) is -0.336. The van der Waals surface area contributed by atoms with Gasteiger partial charge in [-0.1, -0.05) is 53.6 Å². The zero-order chi connectivity index (χ0) is 24.0. The minimum atomic E-state index is -4.16. The summed E-state index contributed by atoms with van der Waals surface area (Å²) in [7, 11) is -4.16. The Labute approximate surface area is 197 Å². The molecule has 8 heteroatoms. The van der Waals surface area contributed by atoms with Gasteiger partial charge in [0.15, 0.2) is 17.3 Å². The third-order valence-electron chi connectivity index (χ3n) is 6.06. The van der Waals surface area contributed by atoms with Gasteiger partial charge in [0.05, 0.1) is 10.9 Å². The van der Waals surface area contributed by atoms with E-state index in [4.69, 9.17) is 9.47 Å². The van der Waals surface area contributed by atoms with Crippen LogP contribution in [0.15, 0.2) is 82.3 Å². The van der Waals surface area contributed by atoms with Gasteiger partial charge in [0, 0.05) is 6.54 Å². The van der Waals surface area contributed by atoms with Crippen LogP contribution < -0.4 is 9.47 Å². The number of amides is 1. The molecule has 0 saturated carbocycles. The molecule has 0 aliphatic carbocycles. The molecule has 1 N–H and O–H groups in total. The number of hydrogen-bond donors (Lipinski definition) is 1. The van der Waals surface area contributed by atoms with Gasteiger partial charge in [-0.3, -0.25) is 4.79 Å². The lowest BCUT2D eigenvalue weighted by Crippen LogP contribution is -2.30. The van der Waals surface area contributed by atoms with Gasteiger partial charge in [-0.25, -0.2) is 8.42 Å². The number of nitrogens with zero attached hydrogens (tertiary/aromatic N) is 1. The van der Waals surface area contributed by atoms with Crippen LogP contribution in [0, 0.1) is 13.8 Å². The standard InChI is InChI=1S/C26H23NO6S/c1-16-3-8-19(9-4-16)23-25(34(30,31)20-10-5-17(2)6-11-20)24(28)26(29)27(23)14-18-7-12-21-22(13-18)33-15-32-21/h3-13,23,28H,14-15H2,1-2H3. The largest absolute Gasteiger partial charge is 0.502 e. The first kappa shape index (κ1) is 22.0. The van der Waals surface area contributed by atoms with Crippen LogP contribution in [0.4, 0.5) is 0 Å². The third kappa shape index (κ3) is 3.70. The number of aryl methyl sites for hydroxylation is 2. The van der Waals surface area contributed by atoms with Gasteiger partial charge in [-0.15, -0.1) is 0 Å². The number of rotatable bonds is 5. The van der Waals surface area contributed by atoms with Crippen LogP contribution in [-0.2, 0) is 21.2 Å². The van der Waals surface area contributed by atoms with Crippen LogP contribution in [0.5, 0.6) is 11.5 Å². The summed E-state index contributed by atoms with van der Waals surface area (Å²) in [6.07, 6.45) is 0. The van der Waals surface area contributed by atoms with Crippen molar-refractivity contribution in [3.05, 3.63) is 99.6 Å². The SMILES string of the molecule is Cc1ccc(C2C(S(=O)(=O)c3ccc(C)cc3)=C(O)C(=O)N2Cc2ccc3c(c2)OCO3)cc1. The highest BCUT2D eigenvalue weighted by Gasteiger charge is 2.46. The monoisotopic (exact) mass is 477 g/mol. The second kappa shape index (κ2) is 8.22. The second-order valence-electron chi connectivity index (χ2n) is 8.46. The molecule has 2 aliphatic heterocycles. The van der Waals surface area contributed by atoms with E-state index in [0.29, 0.717) is 17.1 Å². The van der Waals surface area contributed by atoms with E-state index in [0.717, 1.165) is 16.7 Å². The van der Waals surface area contributed by atoms with Crippen LogP contribution in [0.3, 0.4) is 0 Å². The fraction of sp³-hybridized carbons (Fsp3) is 0.192. The Morgan fingerprint density at radius 3 is 2.21 bits per heavy atom. The van der Waals surface area contributed by atoms with Crippen LogP contribution in [0.2, 0.25) is 0 Å². The molecule has 174 valence electrons. The van der Waals surface area contributed by atoms with Crippen LogP contribution in [0.1, 0.15) is 28.3 Å². The lowest BCUT2D eigenvalue weighted by atomic mass is 10.0. The first-order valence-corrected chi connectivity index (χ1v) is 12.2. The Morgan fingerprint density at radius 2 is 1.53 bits per heavy atom. The number of benzene rings is 3. The van der Waals surface area contributed by atoms with Crippen molar-refractivity contribution in [3.8, 4) is 11.5 Å². The molecule has 5 rings (SSSR count). The summed E-state index contributed by atoms with van der Waals surface area (Å²) in [4.78, 5) is 14.3. The van der Waals surface area contributed by atoms with Crippen molar-refractivity contribution in [2.75, 3.05) is 6.79 Å². The highest BCUT2D eigenvalue weighted by Crippen LogP contribution is 2.44. The van der Waals surface area contributed by atoms with Gasteiger partial charge in [-0.2, -0.15) is 0 Å². The maximum Gasteiger partial charge on any atom is 0.290 e. The molecule has 0 saturated heterocycles. The van der Waals surface area contributed by atoms with Crippen LogP contribution in [0.25, 0.3) is 0 Å².